The summed E-state index contributed by atoms with van der Waals surface area (Å²) in [5.74, 6) is -0.959. The minimum absolute atomic E-state index is 0.120. The standard InChI is InChI=1S/C15H18N2O4/c18-12-6-4-11(5-7-12)10-13(14(19)20)16-15(21)17-8-2-1-3-9-17/h1-2,4-7,13,18H,3,8-10H2,(H,16,21)(H,19,20). The Morgan fingerprint density at radius 3 is 2.52 bits per heavy atom. The van der Waals surface area contributed by atoms with Gasteiger partial charge in [-0.3, -0.25) is 0 Å². The molecular weight excluding hydrogens is 272 g/mol. The Labute approximate surface area is 122 Å². The highest BCUT2D eigenvalue weighted by Gasteiger charge is 2.23. The lowest BCUT2D eigenvalue weighted by Gasteiger charge is -2.25. The number of carboxylic acids is 1. The number of carbonyl (C=O) groups is 2. The molecule has 0 aliphatic carbocycles. The Balaban J connectivity index is 1.98. The van der Waals surface area contributed by atoms with Crippen LogP contribution in [0.1, 0.15) is 12.0 Å². The molecule has 21 heavy (non-hydrogen) atoms. The van der Waals surface area contributed by atoms with Gasteiger partial charge < -0.3 is 20.4 Å². The number of benzene rings is 1. The summed E-state index contributed by atoms with van der Waals surface area (Å²) in [5.41, 5.74) is 0.735. The molecule has 1 unspecified atom stereocenters. The van der Waals surface area contributed by atoms with Gasteiger partial charge in [0.15, 0.2) is 0 Å². The van der Waals surface area contributed by atoms with Crippen LogP contribution >= 0.6 is 0 Å². The van der Waals surface area contributed by atoms with Gasteiger partial charge in [0.25, 0.3) is 0 Å². The van der Waals surface area contributed by atoms with Gasteiger partial charge in [-0.15, -0.1) is 0 Å². The third kappa shape index (κ3) is 4.24. The summed E-state index contributed by atoms with van der Waals surface area (Å²) in [7, 11) is 0. The van der Waals surface area contributed by atoms with E-state index in [4.69, 9.17) is 0 Å². The number of carboxylic acid groups (broad SMARTS) is 1. The summed E-state index contributed by atoms with van der Waals surface area (Å²) < 4.78 is 0. The number of phenols is 1. The van der Waals surface area contributed by atoms with Crippen LogP contribution in [0.3, 0.4) is 0 Å². The summed E-state index contributed by atoms with van der Waals surface area (Å²) >= 11 is 0. The van der Waals surface area contributed by atoms with E-state index in [0.29, 0.717) is 13.1 Å². The fraction of sp³-hybridized carbons (Fsp3) is 0.333. The smallest absolute Gasteiger partial charge is 0.326 e. The molecule has 1 aliphatic rings. The van der Waals surface area contributed by atoms with Crippen molar-refractivity contribution in [3.05, 3.63) is 42.0 Å². The van der Waals surface area contributed by atoms with E-state index in [1.54, 1.807) is 17.0 Å². The second kappa shape index (κ2) is 6.78. The SMILES string of the molecule is O=C(O)C(Cc1ccc(O)cc1)NC(=O)N1CC=CCC1. The van der Waals surface area contributed by atoms with Gasteiger partial charge in [0.1, 0.15) is 11.8 Å². The maximum atomic E-state index is 12.0. The van der Waals surface area contributed by atoms with Crippen LogP contribution in [0.25, 0.3) is 0 Å². The average Bonchev–Trinajstić information content (AvgIpc) is 2.49. The lowest BCUT2D eigenvalue weighted by molar-refractivity contribution is -0.139. The van der Waals surface area contributed by atoms with Gasteiger partial charge in [-0.2, -0.15) is 0 Å². The molecule has 2 rings (SSSR count). The number of phenolic OH excluding ortho intramolecular Hbond substituents is 1. The van der Waals surface area contributed by atoms with Gasteiger partial charge in [-0.1, -0.05) is 24.3 Å². The highest BCUT2D eigenvalue weighted by Crippen LogP contribution is 2.12. The molecule has 0 radical (unpaired) electrons. The number of nitrogens with zero attached hydrogens (tertiary/aromatic N) is 1. The number of nitrogens with one attached hydrogen (secondary N) is 1. The summed E-state index contributed by atoms with van der Waals surface area (Å²) in [4.78, 5) is 24.9. The van der Waals surface area contributed by atoms with Crippen molar-refractivity contribution in [3.63, 3.8) is 0 Å². The first-order chi connectivity index (χ1) is 10.1. The monoisotopic (exact) mass is 290 g/mol. The minimum atomic E-state index is -1.08. The third-order valence-corrected chi connectivity index (χ3v) is 3.32. The fourth-order valence-corrected chi connectivity index (χ4v) is 2.13. The normalized spacial score (nSPS) is 15.5. The lowest BCUT2D eigenvalue weighted by Crippen LogP contribution is -2.49. The van der Waals surface area contributed by atoms with Crippen molar-refractivity contribution >= 4 is 12.0 Å². The highest BCUT2D eigenvalue weighted by molar-refractivity contribution is 5.83. The van der Waals surface area contributed by atoms with Crippen LogP contribution in [0.4, 0.5) is 4.79 Å². The molecule has 1 aromatic carbocycles. The minimum Gasteiger partial charge on any atom is -0.508 e. The first kappa shape index (κ1) is 14.9. The first-order valence-electron chi connectivity index (χ1n) is 6.77. The fourth-order valence-electron chi connectivity index (χ4n) is 2.13. The van der Waals surface area contributed by atoms with E-state index in [-0.39, 0.29) is 18.2 Å². The van der Waals surface area contributed by atoms with Crippen LogP contribution in [-0.2, 0) is 11.2 Å². The third-order valence-electron chi connectivity index (χ3n) is 3.32. The van der Waals surface area contributed by atoms with Gasteiger partial charge >= 0.3 is 12.0 Å². The van der Waals surface area contributed by atoms with Crippen LogP contribution in [0.15, 0.2) is 36.4 Å². The summed E-state index contributed by atoms with van der Waals surface area (Å²) in [6, 6.07) is 4.90. The van der Waals surface area contributed by atoms with E-state index in [1.807, 2.05) is 12.2 Å². The largest absolute Gasteiger partial charge is 0.508 e. The second-order valence-electron chi connectivity index (χ2n) is 4.92. The van der Waals surface area contributed by atoms with Crippen LogP contribution in [0, 0.1) is 0 Å². The molecule has 1 heterocycles. The first-order valence-corrected chi connectivity index (χ1v) is 6.77. The molecule has 2 amide bonds. The van der Waals surface area contributed by atoms with Gasteiger partial charge in [-0.05, 0) is 24.1 Å². The molecule has 1 aromatic rings. The molecule has 112 valence electrons. The van der Waals surface area contributed by atoms with Crippen LogP contribution in [0.5, 0.6) is 5.75 Å². The Hall–Kier alpha value is -2.50. The van der Waals surface area contributed by atoms with E-state index in [2.05, 4.69) is 5.32 Å². The summed E-state index contributed by atoms with van der Waals surface area (Å²) in [5, 5.41) is 21.0. The van der Waals surface area contributed by atoms with E-state index in [1.165, 1.54) is 12.1 Å². The van der Waals surface area contributed by atoms with Crippen molar-refractivity contribution in [2.45, 2.75) is 18.9 Å². The van der Waals surface area contributed by atoms with E-state index >= 15 is 0 Å². The van der Waals surface area contributed by atoms with Crippen LogP contribution in [-0.4, -0.2) is 46.2 Å². The number of aromatic hydroxyl groups is 1. The Bertz CT molecular complexity index is 539. The molecular formula is C15H18N2O4. The van der Waals surface area contributed by atoms with Gasteiger partial charge in [0, 0.05) is 19.5 Å². The van der Waals surface area contributed by atoms with Crippen LogP contribution in [0.2, 0.25) is 0 Å². The maximum absolute atomic E-state index is 12.0. The van der Waals surface area contributed by atoms with Crippen molar-refractivity contribution in [1.82, 2.24) is 10.2 Å². The maximum Gasteiger partial charge on any atom is 0.326 e. The topological polar surface area (TPSA) is 89.9 Å². The number of hydrogen-bond donors (Lipinski definition) is 3. The Kier molecular flexibility index (Phi) is 4.81. The number of rotatable bonds is 4. The number of urea groups is 1. The zero-order valence-electron chi connectivity index (χ0n) is 11.5. The van der Waals surface area contributed by atoms with E-state index in [0.717, 1.165) is 12.0 Å². The molecule has 0 saturated carbocycles. The van der Waals surface area contributed by atoms with Crippen molar-refractivity contribution in [2.75, 3.05) is 13.1 Å². The number of amides is 2. The van der Waals surface area contributed by atoms with Gasteiger partial charge in [0.05, 0.1) is 0 Å². The molecule has 3 N–H and O–H groups in total. The number of hydrogen-bond acceptors (Lipinski definition) is 3. The zero-order chi connectivity index (χ0) is 15.2. The van der Waals surface area contributed by atoms with Gasteiger partial charge in [-0.25, -0.2) is 9.59 Å². The lowest BCUT2D eigenvalue weighted by atomic mass is 10.1. The van der Waals surface area contributed by atoms with Crippen molar-refractivity contribution in [2.24, 2.45) is 0 Å². The highest BCUT2D eigenvalue weighted by atomic mass is 16.4. The van der Waals surface area contributed by atoms with Crippen molar-refractivity contribution < 1.29 is 19.8 Å². The summed E-state index contributed by atoms with van der Waals surface area (Å²) in [6.45, 7) is 1.09. The molecule has 1 atom stereocenters. The predicted octanol–water partition coefficient (Wildman–Crippen LogP) is 1.36. The Morgan fingerprint density at radius 2 is 1.95 bits per heavy atom. The predicted molar refractivity (Wildman–Crippen MR) is 77.1 cm³/mol. The molecule has 0 bridgehead atoms. The van der Waals surface area contributed by atoms with E-state index < -0.39 is 12.0 Å². The summed E-state index contributed by atoms with van der Waals surface area (Å²) in [6.07, 6.45) is 4.84. The second-order valence-corrected chi connectivity index (χ2v) is 4.92. The molecule has 0 fully saturated rings. The van der Waals surface area contributed by atoms with Gasteiger partial charge in [0.2, 0.25) is 0 Å². The number of aliphatic carboxylic acids is 1. The Morgan fingerprint density at radius 1 is 1.24 bits per heavy atom. The van der Waals surface area contributed by atoms with Crippen LogP contribution < -0.4 is 5.32 Å². The number of carbonyl (C=O) groups excluding carboxylic acids is 1. The molecule has 0 saturated heterocycles. The molecule has 6 nitrogen and oxygen atoms in total. The zero-order valence-corrected chi connectivity index (χ0v) is 11.5. The van der Waals surface area contributed by atoms with E-state index in [9.17, 15) is 19.8 Å². The quantitative estimate of drug-likeness (QED) is 0.730. The molecule has 6 heteroatoms. The molecule has 0 spiro atoms. The molecule has 0 aromatic heterocycles. The van der Waals surface area contributed by atoms with Crippen molar-refractivity contribution in [1.29, 1.82) is 0 Å². The van der Waals surface area contributed by atoms with Crippen molar-refractivity contribution in [3.8, 4) is 5.75 Å². The molecule has 1 aliphatic heterocycles. The average molecular weight is 290 g/mol.